The number of rotatable bonds is 4. The first kappa shape index (κ1) is 15.7. The third kappa shape index (κ3) is 2.95. The van der Waals surface area contributed by atoms with Crippen LogP contribution in [0, 0.1) is 6.92 Å². The Kier molecular flexibility index (Phi) is 3.98. The van der Waals surface area contributed by atoms with Gasteiger partial charge in [0.05, 0.1) is 41.2 Å². The molecule has 8 nitrogen and oxygen atoms in total. The van der Waals surface area contributed by atoms with Crippen LogP contribution in [0.15, 0.2) is 67.4 Å². The number of hydrogen-bond acceptors (Lipinski definition) is 5. The minimum atomic E-state index is -0.264. The molecule has 128 valence electrons. The zero-order valence-electron chi connectivity index (χ0n) is 13.9. The maximum absolute atomic E-state index is 12.6. The number of benzene rings is 1. The summed E-state index contributed by atoms with van der Waals surface area (Å²) in [5.74, 6) is 0.168. The van der Waals surface area contributed by atoms with Gasteiger partial charge in [0.2, 0.25) is 0 Å². The molecule has 0 aliphatic carbocycles. The van der Waals surface area contributed by atoms with Gasteiger partial charge in [0.25, 0.3) is 11.9 Å². The molecule has 1 N–H and O–H groups in total. The van der Waals surface area contributed by atoms with Crippen LogP contribution in [0.3, 0.4) is 0 Å². The molecule has 0 atom stereocenters. The van der Waals surface area contributed by atoms with Gasteiger partial charge >= 0.3 is 0 Å². The first-order chi connectivity index (χ1) is 12.7. The highest BCUT2D eigenvalue weighted by atomic mass is 16.1. The molecule has 0 spiro atoms. The van der Waals surface area contributed by atoms with E-state index in [-0.39, 0.29) is 5.91 Å². The van der Waals surface area contributed by atoms with E-state index in [9.17, 15) is 4.79 Å². The van der Waals surface area contributed by atoms with Crippen molar-refractivity contribution in [2.24, 2.45) is 0 Å². The molecule has 0 saturated carbocycles. The second-order valence-electron chi connectivity index (χ2n) is 5.57. The summed E-state index contributed by atoms with van der Waals surface area (Å²) in [6, 6.07) is 11.4. The Morgan fingerprint density at radius 2 is 1.77 bits per heavy atom. The van der Waals surface area contributed by atoms with Crippen LogP contribution in [0.25, 0.3) is 11.6 Å². The predicted molar refractivity (Wildman–Crippen MR) is 95.4 cm³/mol. The van der Waals surface area contributed by atoms with Crippen LogP contribution in [0.1, 0.15) is 16.1 Å². The molecule has 8 heteroatoms. The van der Waals surface area contributed by atoms with Crippen LogP contribution in [-0.4, -0.2) is 35.4 Å². The molecular weight excluding hydrogens is 330 g/mol. The molecule has 3 heterocycles. The lowest BCUT2D eigenvalue weighted by Gasteiger charge is -2.07. The fourth-order valence-electron chi connectivity index (χ4n) is 2.55. The zero-order valence-corrected chi connectivity index (χ0v) is 13.9. The second kappa shape index (κ2) is 6.60. The van der Waals surface area contributed by atoms with Gasteiger partial charge < -0.3 is 5.32 Å². The summed E-state index contributed by atoms with van der Waals surface area (Å²) in [5, 5.41) is 11.2. The molecule has 4 aromatic rings. The van der Waals surface area contributed by atoms with E-state index in [0.29, 0.717) is 17.2 Å². The van der Waals surface area contributed by atoms with Gasteiger partial charge in [0.15, 0.2) is 0 Å². The van der Waals surface area contributed by atoms with E-state index >= 15 is 0 Å². The van der Waals surface area contributed by atoms with E-state index in [2.05, 4.69) is 25.5 Å². The van der Waals surface area contributed by atoms with Crippen molar-refractivity contribution in [2.45, 2.75) is 6.92 Å². The lowest BCUT2D eigenvalue weighted by Crippen LogP contribution is -2.14. The Morgan fingerprint density at radius 1 is 1.00 bits per heavy atom. The molecule has 0 aliphatic rings. The average molecular weight is 345 g/mol. The van der Waals surface area contributed by atoms with Crippen LogP contribution in [0.5, 0.6) is 0 Å². The van der Waals surface area contributed by atoms with Crippen LogP contribution in [-0.2, 0) is 0 Å². The van der Waals surface area contributed by atoms with E-state index in [1.807, 2.05) is 37.3 Å². The monoisotopic (exact) mass is 345 g/mol. The number of nitrogens with one attached hydrogen (secondary N) is 1. The summed E-state index contributed by atoms with van der Waals surface area (Å²) in [4.78, 5) is 20.9. The highest BCUT2D eigenvalue weighted by Crippen LogP contribution is 2.15. The van der Waals surface area contributed by atoms with Crippen molar-refractivity contribution in [1.82, 2.24) is 29.5 Å². The molecule has 1 amide bonds. The Morgan fingerprint density at radius 3 is 2.46 bits per heavy atom. The highest BCUT2D eigenvalue weighted by Gasteiger charge is 2.15. The van der Waals surface area contributed by atoms with Crippen LogP contribution >= 0.6 is 0 Å². The molecular formula is C18H15N7O. The molecule has 1 aromatic carbocycles. The lowest BCUT2D eigenvalue weighted by molar-refractivity contribution is 0.102. The van der Waals surface area contributed by atoms with Gasteiger partial charge in [-0.15, -0.1) is 0 Å². The van der Waals surface area contributed by atoms with E-state index in [4.69, 9.17) is 0 Å². The van der Waals surface area contributed by atoms with Gasteiger partial charge in [-0.05, 0) is 25.1 Å². The topological polar surface area (TPSA) is 90.5 Å². The fraction of sp³-hybridized carbons (Fsp3) is 0.0556. The Balaban J connectivity index is 1.53. The maximum Gasteiger partial charge on any atom is 0.259 e. The Labute approximate surface area is 149 Å². The number of aromatic nitrogens is 6. The van der Waals surface area contributed by atoms with Crippen molar-refractivity contribution in [3.63, 3.8) is 0 Å². The quantitative estimate of drug-likeness (QED) is 0.613. The molecule has 3 aromatic heterocycles. The van der Waals surface area contributed by atoms with Gasteiger partial charge in [0.1, 0.15) is 0 Å². The summed E-state index contributed by atoms with van der Waals surface area (Å²) in [5.41, 5.74) is 2.64. The molecule has 4 rings (SSSR count). The summed E-state index contributed by atoms with van der Waals surface area (Å²) in [6.07, 6.45) is 8.02. The highest BCUT2D eigenvalue weighted by molar-refractivity contribution is 6.04. The van der Waals surface area contributed by atoms with E-state index in [1.54, 1.807) is 46.4 Å². The van der Waals surface area contributed by atoms with E-state index in [1.165, 1.54) is 0 Å². The Hall–Kier alpha value is -3.81. The molecule has 0 unspecified atom stereocenters. The number of nitrogens with zero attached hydrogens (tertiary/aromatic N) is 6. The average Bonchev–Trinajstić information content (AvgIpc) is 3.33. The fourth-order valence-corrected chi connectivity index (χ4v) is 2.55. The Bertz CT molecular complexity index is 1020. The summed E-state index contributed by atoms with van der Waals surface area (Å²) >= 11 is 0. The standard InChI is InChI=1S/C18H15N7O/c1-13-16(12-22-25(13)15-6-3-2-4-7-15)17(26)23-14-10-19-18(20-11-14)24-9-5-8-21-24/h2-12H,1H3,(H,23,26). The zero-order chi connectivity index (χ0) is 17.9. The maximum atomic E-state index is 12.6. The van der Waals surface area contributed by atoms with Crippen molar-refractivity contribution in [3.8, 4) is 11.6 Å². The SMILES string of the molecule is Cc1c(C(=O)Nc2cnc(-n3cccn3)nc2)cnn1-c1ccccc1. The van der Waals surface area contributed by atoms with Gasteiger partial charge in [-0.3, -0.25) is 4.79 Å². The summed E-state index contributed by atoms with van der Waals surface area (Å²) in [7, 11) is 0. The van der Waals surface area contributed by atoms with E-state index in [0.717, 1.165) is 11.4 Å². The third-order valence-electron chi connectivity index (χ3n) is 3.86. The lowest BCUT2D eigenvalue weighted by atomic mass is 10.2. The van der Waals surface area contributed by atoms with Gasteiger partial charge in [-0.1, -0.05) is 18.2 Å². The molecule has 26 heavy (non-hydrogen) atoms. The predicted octanol–water partition coefficient (Wildman–Crippen LogP) is 2.41. The normalized spacial score (nSPS) is 10.7. The van der Waals surface area contributed by atoms with Crippen molar-refractivity contribution in [3.05, 3.63) is 78.6 Å². The summed E-state index contributed by atoms with van der Waals surface area (Å²) < 4.78 is 3.27. The van der Waals surface area contributed by atoms with Crippen molar-refractivity contribution < 1.29 is 4.79 Å². The number of anilines is 1. The van der Waals surface area contributed by atoms with E-state index < -0.39 is 0 Å². The van der Waals surface area contributed by atoms with Gasteiger partial charge in [-0.25, -0.2) is 19.3 Å². The van der Waals surface area contributed by atoms with Crippen LogP contribution in [0.4, 0.5) is 5.69 Å². The van der Waals surface area contributed by atoms with Crippen molar-refractivity contribution in [1.29, 1.82) is 0 Å². The first-order valence-electron chi connectivity index (χ1n) is 7.96. The largest absolute Gasteiger partial charge is 0.319 e. The third-order valence-corrected chi connectivity index (χ3v) is 3.86. The van der Waals surface area contributed by atoms with Crippen molar-refractivity contribution >= 4 is 11.6 Å². The molecule has 0 aliphatic heterocycles. The van der Waals surface area contributed by atoms with Crippen molar-refractivity contribution in [2.75, 3.05) is 5.32 Å². The molecule has 0 saturated heterocycles. The van der Waals surface area contributed by atoms with Gasteiger partial charge in [0, 0.05) is 12.4 Å². The molecule has 0 bridgehead atoms. The number of carbonyl (C=O) groups is 1. The van der Waals surface area contributed by atoms with Crippen LogP contribution in [0.2, 0.25) is 0 Å². The molecule has 0 radical (unpaired) electrons. The number of amides is 1. The number of carbonyl (C=O) groups excluding carboxylic acids is 1. The first-order valence-corrected chi connectivity index (χ1v) is 7.96. The summed E-state index contributed by atoms with van der Waals surface area (Å²) in [6.45, 7) is 1.85. The number of hydrogen-bond donors (Lipinski definition) is 1. The second-order valence-corrected chi connectivity index (χ2v) is 5.57. The number of para-hydroxylation sites is 1. The van der Waals surface area contributed by atoms with Gasteiger partial charge in [-0.2, -0.15) is 10.2 Å². The minimum Gasteiger partial charge on any atom is -0.319 e. The van der Waals surface area contributed by atoms with Crippen LogP contribution < -0.4 is 5.32 Å². The minimum absolute atomic E-state index is 0.264. The molecule has 0 fully saturated rings. The smallest absolute Gasteiger partial charge is 0.259 e.